The van der Waals surface area contributed by atoms with Gasteiger partial charge in [-0.05, 0) is 31.6 Å². The van der Waals surface area contributed by atoms with Crippen LogP contribution in [0.25, 0.3) is 0 Å². The molecule has 0 bridgehead atoms. The summed E-state index contributed by atoms with van der Waals surface area (Å²) in [6.07, 6.45) is 6.23. The maximum absolute atomic E-state index is 11.8. The van der Waals surface area contributed by atoms with E-state index in [1.165, 1.54) is 0 Å². The molecular weight excluding hydrogens is 272 g/mol. The first-order chi connectivity index (χ1) is 10.1. The maximum atomic E-state index is 11.8. The van der Waals surface area contributed by atoms with Gasteiger partial charge in [-0.1, -0.05) is 19.3 Å². The Balaban J connectivity index is 1.67. The molecule has 1 saturated heterocycles. The third-order valence-corrected chi connectivity index (χ3v) is 4.71. The minimum absolute atomic E-state index is 0.223. The second kappa shape index (κ2) is 7.64. The molecule has 0 aromatic rings. The average molecular weight is 298 g/mol. The largest absolute Gasteiger partial charge is 0.481 e. The molecule has 0 aromatic heterocycles. The van der Waals surface area contributed by atoms with Crippen LogP contribution in [0.4, 0.5) is 4.79 Å². The Labute approximate surface area is 125 Å². The van der Waals surface area contributed by atoms with Gasteiger partial charge in [0.1, 0.15) is 0 Å². The molecule has 6 nitrogen and oxygen atoms in total. The summed E-state index contributed by atoms with van der Waals surface area (Å²) in [6, 6.07) is -0.264. The predicted octanol–water partition coefficient (Wildman–Crippen LogP) is 1.75. The summed E-state index contributed by atoms with van der Waals surface area (Å²) in [6.45, 7) is 2.43. The highest BCUT2D eigenvalue weighted by molar-refractivity contribution is 5.78. The van der Waals surface area contributed by atoms with Crippen molar-refractivity contribution in [3.8, 4) is 0 Å². The normalized spacial score (nSPS) is 24.5. The molecule has 1 saturated carbocycles. The number of carboxylic acid groups (broad SMARTS) is 1. The standard InChI is InChI=1S/C15H26N2O4/c18-13(19)15(6-2-1-3-7-15)11-17-14(20)16-8-4-12-5-9-21-10-12/h12H,1-11H2,(H,18,19)(H2,16,17,20). The summed E-state index contributed by atoms with van der Waals surface area (Å²) in [5.74, 6) is -0.250. The van der Waals surface area contributed by atoms with Crippen molar-refractivity contribution in [3.05, 3.63) is 0 Å². The molecule has 21 heavy (non-hydrogen) atoms. The molecule has 2 fully saturated rings. The summed E-state index contributed by atoms with van der Waals surface area (Å²) in [7, 11) is 0. The molecule has 2 amide bonds. The quantitative estimate of drug-likeness (QED) is 0.697. The SMILES string of the molecule is O=C(NCCC1CCOC1)NCC1(C(=O)O)CCCCC1. The van der Waals surface area contributed by atoms with E-state index in [9.17, 15) is 14.7 Å². The van der Waals surface area contributed by atoms with E-state index >= 15 is 0 Å². The first-order valence-corrected chi connectivity index (χ1v) is 7.95. The van der Waals surface area contributed by atoms with Crippen LogP contribution in [0.3, 0.4) is 0 Å². The Kier molecular flexibility index (Phi) is 5.85. The lowest BCUT2D eigenvalue weighted by atomic mass is 9.74. The molecule has 1 aliphatic heterocycles. The van der Waals surface area contributed by atoms with E-state index in [-0.39, 0.29) is 12.6 Å². The van der Waals surface area contributed by atoms with Gasteiger partial charge in [0.2, 0.25) is 0 Å². The second-order valence-electron chi connectivity index (χ2n) is 6.27. The Morgan fingerprint density at radius 3 is 2.57 bits per heavy atom. The van der Waals surface area contributed by atoms with E-state index in [4.69, 9.17) is 4.74 Å². The van der Waals surface area contributed by atoms with Gasteiger partial charge in [0, 0.05) is 26.3 Å². The van der Waals surface area contributed by atoms with Gasteiger partial charge in [0.15, 0.2) is 0 Å². The van der Waals surface area contributed by atoms with Crippen molar-refractivity contribution in [1.29, 1.82) is 0 Å². The average Bonchev–Trinajstić information content (AvgIpc) is 2.99. The number of carboxylic acids is 1. The summed E-state index contributed by atoms with van der Waals surface area (Å²) in [4.78, 5) is 23.3. The van der Waals surface area contributed by atoms with Gasteiger partial charge in [0.25, 0.3) is 0 Å². The van der Waals surface area contributed by atoms with Crippen molar-refractivity contribution in [2.24, 2.45) is 11.3 Å². The van der Waals surface area contributed by atoms with E-state index in [0.29, 0.717) is 25.3 Å². The smallest absolute Gasteiger partial charge is 0.314 e. The van der Waals surface area contributed by atoms with Crippen LogP contribution in [0, 0.1) is 11.3 Å². The minimum Gasteiger partial charge on any atom is -0.481 e. The molecule has 1 heterocycles. The van der Waals surface area contributed by atoms with E-state index in [1.807, 2.05) is 0 Å². The Morgan fingerprint density at radius 1 is 1.19 bits per heavy atom. The van der Waals surface area contributed by atoms with E-state index < -0.39 is 11.4 Å². The monoisotopic (exact) mass is 298 g/mol. The Bertz CT molecular complexity index is 361. The molecule has 2 aliphatic rings. The molecular formula is C15H26N2O4. The molecule has 1 aliphatic carbocycles. The topological polar surface area (TPSA) is 87.7 Å². The number of aliphatic carboxylic acids is 1. The first kappa shape index (κ1) is 16.1. The van der Waals surface area contributed by atoms with Gasteiger partial charge in [-0.15, -0.1) is 0 Å². The number of amides is 2. The van der Waals surface area contributed by atoms with Crippen LogP contribution in [0.2, 0.25) is 0 Å². The predicted molar refractivity (Wildman–Crippen MR) is 78.1 cm³/mol. The Morgan fingerprint density at radius 2 is 1.95 bits per heavy atom. The molecule has 0 aromatic carbocycles. The fourth-order valence-electron chi connectivity index (χ4n) is 3.21. The highest BCUT2D eigenvalue weighted by Crippen LogP contribution is 2.35. The minimum atomic E-state index is -0.786. The van der Waals surface area contributed by atoms with E-state index in [0.717, 1.165) is 45.3 Å². The van der Waals surface area contributed by atoms with Crippen LogP contribution in [0.5, 0.6) is 0 Å². The zero-order chi connectivity index (χ0) is 15.1. The van der Waals surface area contributed by atoms with Crippen LogP contribution < -0.4 is 10.6 Å². The fraction of sp³-hybridized carbons (Fsp3) is 0.867. The zero-order valence-corrected chi connectivity index (χ0v) is 12.5. The lowest BCUT2D eigenvalue weighted by Gasteiger charge is -2.33. The van der Waals surface area contributed by atoms with Crippen LogP contribution in [0.15, 0.2) is 0 Å². The fourth-order valence-corrected chi connectivity index (χ4v) is 3.21. The van der Waals surface area contributed by atoms with Gasteiger partial charge in [0.05, 0.1) is 5.41 Å². The number of hydrogen-bond donors (Lipinski definition) is 3. The zero-order valence-electron chi connectivity index (χ0n) is 12.5. The highest BCUT2D eigenvalue weighted by Gasteiger charge is 2.39. The summed E-state index contributed by atoms with van der Waals surface area (Å²) >= 11 is 0. The molecule has 3 N–H and O–H groups in total. The second-order valence-corrected chi connectivity index (χ2v) is 6.27. The van der Waals surface area contributed by atoms with Gasteiger partial charge < -0.3 is 20.5 Å². The number of rotatable bonds is 6. The number of carbonyl (C=O) groups excluding carboxylic acids is 1. The van der Waals surface area contributed by atoms with Crippen molar-refractivity contribution in [2.45, 2.75) is 44.9 Å². The number of carbonyl (C=O) groups is 2. The summed E-state index contributed by atoms with van der Waals surface area (Å²) < 4.78 is 5.29. The van der Waals surface area contributed by atoms with Crippen molar-refractivity contribution in [2.75, 3.05) is 26.3 Å². The van der Waals surface area contributed by atoms with Crippen molar-refractivity contribution >= 4 is 12.0 Å². The third kappa shape index (κ3) is 4.59. The van der Waals surface area contributed by atoms with Gasteiger partial charge >= 0.3 is 12.0 Å². The summed E-state index contributed by atoms with van der Waals surface area (Å²) in [5, 5.41) is 15.0. The number of ether oxygens (including phenoxy) is 1. The van der Waals surface area contributed by atoms with Crippen molar-refractivity contribution < 1.29 is 19.4 Å². The van der Waals surface area contributed by atoms with Crippen molar-refractivity contribution in [3.63, 3.8) is 0 Å². The summed E-state index contributed by atoms with van der Waals surface area (Å²) in [5.41, 5.74) is -0.769. The maximum Gasteiger partial charge on any atom is 0.314 e. The van der Waals surface area contributed by atoms with Gasteiger partial charge in [-0.2, -0.15) is 0 Å². The third-order valence-electron chi connectivity index (χ3n) is 4.71. The molecule has 1 atom stereocenters. The lowest BCUT2D eigenvalue weighted by Crippen LogP contribution is -2.47. The highest BCUT2D eigenvalue weighted by atomic mass is 16.5. The van der Waals surface area contributed by atoms with E-state index in [1.54, 1.807) is 0 Å². The van der Waals surface area contributed by atoms with Gasteiger partial charge in [-0.25, -0.2) is 4.79 Å². The van der Waals surface area contributed by atoms with Crippen LogP contribution >= 0.6 is 0 Å². The number of urea groups is 1. The van der Waals surface area contributed by atoms with Crippen LogP contribution in [0.1, 0.15) is 44.9 Å². The number of hydrogen-bond acceptors (Lipinski definition) is 3. The van der Waals surface area contributed by atoms with Gasteiger partial charge in [-0.3, -0.25) is 4.79 Å². The molecule has 2 rings (SSSR count). The lowest BCUT2D eigenvalue weighted by molar-refractivity contribution is -0.150. The molecule has 0 radical (unpaired) electrons. The first-order valence-electron chi connectivity index (χ1n) is 7.95. The molecule has 1 unspecified atom stereocenters. The Hall–Kier alpha value is -1.30. The van der Waals surface area contributed by atoms with Crippen LogP contribution in [-0.2, 0) is 9.53 Å². The van der Waals surface area contributed by atoms with Crippen molar-refractivity contribution in [1.82, 2.24) is 10.6 Å². The molecule has 0 spiro atoms. The van der Waals surface area contributed by atoms with E-state index in [2.05, 4.69) is 10.6 Å². The molecule has 6 heteroatoms. The van der Waals surface area contributed by atoms with Crippen LogP contribution in [-0.4, -0.2) is 43.4 Å². The number of nitrogens with one attached hydrogen (secondary N) is 2. The molecule has 120 valence electrons.